The van der Waals surface area contributed by atoms with Gasteiger partial charge in [-0.05, 0) is 62.6 Å². The minimum absolute atomic E-state index is 0.0583. The van der Waals surface area contributed by atoms with Crippen molar-refractivity contribution < 1.29 is 4.74 Å². The average Bonchev–Trinajstić information content (AvgIpc) is 2.36. The van der Waals surface area contributed by atoms with E-state index in [-0.39, 0.29) is 6.04 Å². The summed E-state index contributed by atoms with van der Waals surface area (Å²) in [5, 5.41) is 0. The molecular formula is C16H20N2O. The predicted octanol–water partition coefficient (Wildman–Crippen LogP) is 3.82. The van der Waals surface area contributed by atoms with Crippen LogP contribution in [0.1, 0.15) is 35.3 Å². The smallest absolute Gasteiger partial charge is 0.145 e. The fourth-order valence-corrected chi connectivity index (χ4v) is 1.96. The minimum atomic E-state index is -0.0583. The quantitative estimate of drug-likeness (QED) is 0.908. The molecule has 0 unspecified atom stereocenters. The van der Waals surface area contributed by atoms with E-state index < -0.39 is 0 Å². The normalized spacial score (nSPS) is 12.3. The highest BCUT2D eigenvalue weighted by Crippen LogP contribution is 2.28. The monoisotopic (exact) mass is 256 g/mol. The highest BCUT2D eigenvalue weighted by molar-refractivity contribution is 5.44. The van der Waals surface area contributed by atoms with Gasteiger partial charge in [-0.15, -0.1) is 0 Å². The Bertz CT molecular complexity index is 574. The molecule has 19 heavy (non-hydrogen) atoms. The van der Waals surface area contributed by atoms with Crippen LogP contribution in [0.4, 0.5) is 0 Å². The van der Waals surface area contributed by atoms with Crippen molar-refractivity contribution in [3.63, 3.8) is 0 Å². The van der Waals surface area contributed by atoms with E-state index in [4.69, 9.17) is 10.5 Å². The lowest BCUT2D eigenvalue weighted by atomic mass is 10.1. The van der Waals surface area contributed by atoms with Crippen LogP contribution < -0.4 is 10.5 Å². The lowest BCUT2D eigenvalue weighted by Gasteiger charge is -2.12. The summed E-state index contributed by atoms with van der Waals surface area (Å²) in [7, 11) is 0. The molecule has 1 atom stereocenters. The summed E-state index contributed by atoms with van der Waals surface area (Å²) in [5.74, 6) is 1.62. The molecule has 1 aromatic heterocycles. The van der Waals surface area contributed by atoms with Crippen molar-refractivity contribution in [2.45, 2.75) is 33.7 Å². The van der Waals surface area contributed by atoms with Crippen LogP contribution in [0, 0.1) is 20.8 Å². The van der Waals surface area contributed by atoms with E-state index in [2.05, 4.69) is 31.8 Å². The van der Waals surface area contributed by atoms with Gasteiger partial charge in [-0.2, -0.15) is 0 Å². The fraction of sp³-hybridized carbons (Fsp3) is 0.312. The molecule has 2 N–H and O–H groups in total. The molecule has 0 spiro atoms. The zero-order chi connectivity index (χ0) is 14.0. The zero-order valence-corrected chi connectivity index (χ0v) is 11.9. The van der Waals surface area contributed by atoms with Gasteiger partial charge < -0.3 is 10.5 Å². The maximum Gasteiger partial charge on any atom is 0.145 e. The van der Waals surface area contributed by atoms with Gasteiger partial charge >= 0.3 is 0 Å². The van der Waals surface area contributed by atoms with E-state index in [1.54, 1.807) is 6.20 Å². The molecule has 0 aliphatic rings. The molecular weight excluding hydrogens is 236 g/mol. The van der Waals surface area contributed by atoms with Crippen molar-refractivity contribution in [3.05, 3.63) is 52.8 Å². The van der Waals surface area contributed by atoms with Crippen LogP contribution in [0.2, 0.25) is 0 Å². The van der Waals surface area contributed by atoms with Crippen LogP contribution in [-0.4, -0.2) is 4.98 Å². The Morgan fingerprint density at radius 1 is 1.16 bits per heavy atom. The maximum absolute atomic E-state index is 5.90. The van der Waals surface area contributed by atoms with Gasteiger partial charge in [0.2, 0.25) is 0 Å². The number of nitrogens with zero attached hydrogens (tertiary/aromatic N) is 1. The van der Waals surface area contributed by atoms with Crippen LogP contribution in [-0.2, 0) is 0 Å². The standard InChI is InChI=1S/C16H20N2O/c1-10-7-11(2)12(3)16(8-10)19-14-5-6-15(13(4)17)18-9-14/h5-9,13H,17H2,1-4H3/t13-/m0/s1. The Morgan fingerprint density at radius 3 is 2.47 bits per heavy atom. The number of aromatic nitrogens is 1. The number of ether oxygens (including phenoxy) is 1. The van der Waals surface area contributed by atoms with Gasteiger partial charge in [-0.3, -0.25) is 4.98 Å². The highest BCUT2D eigenvalue weighted by atomic mass is 16.5. The Morgan fingerprint density at radius 2 is 1.89 bits per heavy atom. The molecule has 100 valence electrons. The first-order valence-electron chi connectivity index (χ1n) is 6.44. The Hall–Kier alpha value is -1.87. The largest absolute Gasteiger partial charge is 0.455 e. The van der Waals surface area contributed by atoms with Crippen LogP contribution in [0.5, 0.6) is 11.5 Å². The number of hydrogen-bond acceptors (Lipinski definition) is 3. The topological polar surface area (TPSA) is 48.1 Å². The molecule has 0 bridgehead atoms. The van der Waals surface area contributed by atoms with Crippen LogP contribution >= 0.6 is 0 Å². The van der Waals surface area contributed by atoms with Gasteiger partial charge in [0, 0.05) is 6.04 Å². The van der Waals surface area contributed by atoms with Gasteiger partial charge in [0.05, 0.1) is 11.9 Å². The predicted molar refractivity (Wildman–Crippen MR) is 77.6 cm³/mol. The van der Waals surface area contributed by atoms with Gasteiger partial charge in [-0.1, -0.05) is 6.07 Å². The van der Waals surface area contributed by atoms with Crippen LogP contribution in [0.25, 0.3) is 0 Å². The SMILES string of the molecule is Cc1cc(C)c(C)c(Oc2ccc([C@H](C)N)nc2)c1. The molecule has 1 aromatic carbocycles. The summed E-state index contributed by atoms with van der Waals surface area (Å²) >= 11 is 0. The lowest BCUT2D eigenvalue weighted by Crippen LogP contribution is -2.06. The number of hydrogen-bond donors (Lipinski definition) is 1. The first-order chi connectivity index (χ1) is 8.97. The zero-order valence-electron chi connectivity index (χ0n) is 11.9. The molecule has 0 saturated carbocycles. The van der Waals surface area contributed by atoms with Crippen molar-refractivity contribution in [2.24, 2.45) is 5.73 Å². The molecule has 0 amide bonds. The molecule has 0 saturated heterocycles. The van der Waals surface area contributed by atoms with Gasteiger partial charge in [0.15, 0.2) is 0 Å². The van der Waals surface area contributed by atoms with E-state index in [0.717, 1.165) is 22.8 Å². The molecule has 0 fully saturated rings. The van der Waals surface area contributed by atoms with E-state index in [9.17, 15) is 0 Å². The summed E-state index contributed by atoms with van der Waals surface area (Å²) in [6.07, 6.45) is 1.72. The molecule has 3 nitrogen and oxygen atoms in total. The average molecular weight is 256 g/mol. The van der Waals surface area contributed by atoms with Gasteiger partial charge in [0.25, 0.3) is 0 Å². The molecule has 1 heterocycles. The van der Waals surface area contributed by atoms with Crippen LogP contribution in [0.3, 0.4) is 0 Å². The lowest BCUT2D eigenvalue weighted by molar-refractivity contribution is 0.474. The van der Waals surface area contributed by atoms with Gasteiger partial charge in [0.1, 0.15) is 11.5 Å². The van der Waals surface area contributed by atoms with E-state index in [0.29, 0.717) is 0 Å². The van der Waals surface area contributed by atoms with E-state index in [1.165, 1.54) is 11.1 Å². The third kappa shape index (κ3) is 3.12. The number of nitrogens with two attached hydrogens (primary N) is 1. The minimum Gasteiger partial charge on any atom is -0.455 e. The summed E-state index contributed by atoms with van der Waals surface area (Å²) < 4.78 is 5.90. The van der Waals surface area contributed by atoms with Crippen molar-refractivity contribution in [2.75, 3.05) is 0 Å². The summed E-state index contributed by atoms with van der Waals surface area (Å²) in [6.45, 7) is 8.13. The number of aryl methyl sites for hydroxylation is 2. The first kappa shape index (κ1) is 13.6. The molecule has 0 aliphatic heterocycles. The molecule has 2 aromatic rings. The van der Waals surface area contributed by atoms with E-state index >= 15 is 0 Å². The summed E-state index contributed by atoms with van der Waals surface area (Å²) in [5.41, 5.74) is 10.2. The van der Waals surface area contributed by atoms with Crippen LogP contribution in [0.15, 0.2) is 30.5 Å². The fourth-order valence-electron chi connectivity index (χ4n) is 1.96. The van der Waals surface area contributed by atoms with Crippen molar-refractivity contribution in [1.29, 1.82) is 0 Å². The second-order valence-corrected chi connectivity index (χ2v) is 5.01. The first-order valence-corrected chi connectivity index (χ1v) is 6.44. The highest BCUT2D eigenvalue weighted by Gasteiger charge is 2.06. The molecule has 0 aliphatic carbocycles. The Kier molecular flexibility index (Phi) is 3.86. The van der Waals surface area contributed by atoms with Crippen molar-refractivity contribution in [3.8, 4) is 11.5 Å². The number of rotatable bonds is 3. The molecule has 0 radical (unpaired) electrons. The Labute approximate surface area is 114 Å². The molecule has 3 heteroatoms. The van der Waals surface area contributed by atoms with Gasteiger partial charge in [-0.25, -0.2) is 0 Å². The second kappa shape index (κ2) is 5.41. The number of benzene rings is 1. The summed E-state index contributed by atoms with van der Waals surface area (Å²) in [4.78, 5) is 4.30. The third-order valence-electron chi connectivity index (χ3n) is 3.22. The molecule has 2 rings (SSSR count). The Balaban J connectivity index is 2.26. The third-order valence-corrected chi connectivity index (χ3v) is 3.22. The second-order valence-electron chi connectivity index (χ2n) is 5.01. The van der Waals surface area contributed by atoms with E-state index in [1.807, 2.05) is 25.1 Å². The number of pyridine rings is 1. The van der Waals surface area contributed by atoms with Crippen molar-refractivity contribution >= 4 is 0 Å². The van der Waals surface area contributed by atoms with Crippen molar-refractivity contribution in [1.82, 2.24) is 4.98 Å². The summed E-state index contributed by atoms with van der Waals surface area (Å²) in [6, 6.07) is 7.94. The maximum atomic E-state index is 5.90.